The van der Waals surface area contributed by atoms with Gasteiger partial charge in [0, 0.05) is 39.1 Å². The molecule has 1 aromatic heterocycles. The molecule has 1 heterocycles. The van der Waals surface area contributed by atoms with Gasteiger partial charge < -0.3 is 9.47 Å². The van der Waals surface area contributed by atoms with E-state index in [2.05, 4.69) is 240 Å². The first-order valence-electron chi connectivity index (χ1n) is 19.7. The number of anilines is 3. The Balaban J connectivity index is 1.17. The summed E-state index contributed by atoms with van der Waals surface area (Å²) in [5, 5.41) is 2.49. The van der Waals surface area contributed by atoms with E-state index in [1.165, 1.54) is 66.3 Å². The molecule has 0 saturated heterocycles. The summed E-state index contributed by atoms with van der Waals surface area (Å²) in [5.74, 6) is 0. The smallest absolute Gasteiger partial charge is 0.0714 e. The van der Waals surface area contributed by atoms with E-state index in [-0.39, 0.29) is 0 Å². The summed E-state index contributed by atoms with van der Waals surface area (Å²) >= 11 is 0. The average molecular weight is 727 g/mol. The van der Waals surface area contributed by atoms with Crippen LogP contribution in [0.1, 0.15) is 22.3 Å². The minimum absolute atomic E-state index is 0.484. The van der Waals surface area contributed by atoms with Gasteiger partial charge in [0.25, 0.3) is 0 Å². The fourth-order valence-electron chi connectivity index (χ4n) is 9.48. The van der Waals surface area contributed by atoms with Crippen LogP contribution in [-0.2, 0) is 5.41 Å². The molecule has 2 nitrogen and oxygen atoms in total. The van der Waals surface area contributed by atoms with Crippen LogP contribution in [0.4, 0.5) is 17.1 Å². The van der Waals surface area contributed by atoms with Gasteiger partial charge in [0.1, 0.15) is 0 Å². The zero-order valence-electron chi connectivity index (χ0n) is 31.3. The second-order valence-corrected chi connectivity index (χ2v) is 14.9. The minimum atomic E-state index is -0.484. The van der Waals surface area contributed by atoms with Crippen LogP contribution in [-0.4, -0.2) is 4.57 Å². The average Bonchev–Trinajstić information content (AvgIpc) is 3.79. The maximum atomic E-state index is 2.51. The third-order valence-electron chi connectivity index (χ3n) is 11.8. The number of benzene rings is 9. The zero-order chi connectivity index (χ0) is 37.8. The van der Waals surface area contributed by atoms with E-state index in [9.17, 15) is 0 Å². The quantitative estimate of drug-likeness (QED) is 0.159. The van der Waals surface area contributed by atoms with E-state index < -0.39 is 5.41 Å². The molecule has 0 unspecified atom stereocenters. The van der Waals surface area contributed by atoms with Crippen LogP contribution in [0.3, 0.4) is 0 Å². The lowest BCUT2D eigenvalue weighted by Crippen LogP contribution is -2.28. The number of hydrogen-bond donors (Lipinski definition) is 0. The second-order valence-electron chi connectivity index (χ2n) is 14.9. The first-order valence-corrected chi connectivity index (χ1v) is 19.7. The molecule has 57 heavy (non-hydrogen) atoms. The fraction of sp³-hybridized carbons (Fsp3) is 0.0182. The Kier molecular flexibility index (Phi) is 7.75. The van der Waals surface area contributed by atoms with E-state index in [0.717, 1.165) is 22.7 Å². The number of nitrogens with zero attached hydrogens (tertiary/aromatic N) is 2. The Morgan fingerprint density at radius 3 is 1.65 bits per heavy atom. The second kappa shape index (κ2) is 13.4. The third kappa shape index (κ3) is 5.11. The van der Waals surface area contributed by atoms with Gasteiger partial charge in [-0.2, -0.15) is 0 Å². The molecule has 1 aliphatic carbocycles. The summed E-state index contributed by atoms with van der Waals surface area (Å²) in [5.41, 5.74) is 16.5. The fourth-order valence-corrected chi connectivity index (χ4v) is 9.48. The molecule has 0 aliphatic heterocycles. The summed E-state index contributed by atoms with van der Waals surface area (Å²) in [6, 6.07) is 84.1. The molecule has 0 N–H and O–H groups in total. The van der Waals surface area contributed by atoms with Crippen molar-refractivity contribution in [3.63, 3.8) is 0 Å². The van der Waals surface area contributed by atoms with Gasteiger partial charge in [-0.15, -0.1) is 0 Å². The Labute approximate surface area is 333 Å². The lowest BCUT2D eigenvalue weighted by Gasteiger charge is -2.33. The van der Waals surface area contributed by atoms with Crippen LogP contribution in [0.5, 0.6) is 0 Å². The number of rotatable bonds is 7. The van der Waals surface area contributed by atoms with Gasteiger partial charge in [0.15, 0.2) is 0 Å². The van der Waals surface area contributed by atoms with Crippen LogP contribution >= 0.6 is 0 Å². The summed E-state index contributed by atoms with van der Waals surface area (Å²) in [7, 11) is 0. The lowest BCUT2D eigenvalue weighted by molar-refractivity contribution is 0.769. The normalized spacial score (nSPS) is 12.7. The number of aromatic nitrogens is 1. The van der Waals surface area contributed by atoms with Crippen molar-refractivity contribution < 1.29 is 0 Å². The largest absolute Gasteiger partial charge is 0.310 e. The minimum Gasteiger partial charge on any atom is -0.310 e. The summed E-state index contributed by atoms with van der Waals surface area (Å²) in [4.78, 5) is 2.36. The van der Waals surface area contributed by atoms with E-state index in [4.69, 9.17) is 0 Å². The van der Waals surface area contributed by atoms with E-state index in [0.29, 0.717) is 0 Å². The molecule has 0 spiro atoms. The van der Waals surface area contributed by atoms with E-state index in [1.54, 1.807) is 0 Å². The first kappa shape index (κ1) is 33.0. The number of para-hydroxylation sites is 2. The maximum Gasteiger partial charge on any atom is 0.0714 e. The van der Waals surface area contributed by atoms with Crippen molar-refractivity contribution in [2.45, 2.75) is 5.41 Å². The van der Waals surface area contributed by atoms with Gasteiger partial charge in [0.05, 0.1) is 16.4 Å². The van der Waals surface area contributed by atoms with Crippen molar-refractivity contribution in [2.24, 2.45) is 0 Å². The predicted molar refractivity (Wildman–Crippen MR) is 238 cm³/mol. The highest BCUT2D eigenvalue weighted by Crippen LogP contribution is 2.58. The van der Waals surface area contributed by atoms with Crippen molar-refractivity contribution in [1.29, 1.82) is 0 Å². The maximum absolute atomic E-state index is 2.51. The monoisotopic (exact) mass is 726 g/mol. The molecule has 0 atom stereocenters. The Morgan fingerprint density at radius 1 is 0.368 bits per heavy atom. The molecule has 9 aromatic carbocycles. The van der Waals surface area contributed by atoms with Gasteiger partial charge in [-0.1, -0.05) is 182 Å². The Bertz CT molecular complexity index is 3000. The summed E-state index contributed by atoms with van der Waals surface area (Å²) in [6.45, 7) is 0. The molecule has 0 amide bonds. The molecular formula is C55H38N2. The molecule has 2 heteroatoms. The van der Waals surface area contributed by atoms with Crippen LogP contribution in [0.25, 0.3) is 49.7 Å². The molecule has 0 bridgehead atoms. The van der Waals surface area contributed by atoms with Crippen molar-refractivity contribution >= 4 is 38.9 Å². The van der Waals surface area contributed by atoms with Crippen LogP contribution in [0, 0.1) is 0 Å². The summed E-state index contributed by atoms with van der Waals surface area (Å²) < 4.78 is 2.51. The Hall–Kier alpha value is -7.42. The highest BCUT2D eigenvalue weighted by molar-refractivity contribution is 6.16. The SMILES string of the molecule is c1ccc(-c2ccc(N(c3ccccc3)c3cccc(-n4c5ccccc5c5ccc6c(c54)-c4ccccc4C6(c4ccccc4)c4ccccc4)c3)cc2)cc1. The molecule has 1 aliphatic rings. The van der Waals surface area contributed by atoms with Crippen molar-refractivity contribution in [1.82, 2.24) is 4.57 Å². The van der Waals surface area contributed by atoms with Gasteiger partial charge in [0.2, 0.25) is 0 Å². The molecule has 0 fully saturated rings. The van der Waals surface area contributed by atoms with Gasteiger partial charge in [-0.05, 0) is 87.5 Å². The number of fused-ring (bicyclic) bond motifs is 7. The van der Waals surface area contributed by atoms with Crippen LogP contribution < -0.4 is 4.90 Å². The first-order chi connectivity index (χ1) is 28.3. The van der Waals surface area contributed by atoms with Crippen LogP contribution in [0.15, 0.2) is 231 Å². The highest BCUT2D eigenvalue weighted by atomic mass is 15.1. The van der Waals surface area contributed by atoms with E-state index in [1.807, 2.05) is 0 Å². The van der Waals surface area contributed by atoms with Gasteiger partial charge >= 0.3 is 0 Å². The Morgan fingerprint density at radius 2 is 0.930 bits per heavy atom. The van der Waals surface area contributed by atoms with Gasteiger partial charge in [-0.25, -0.2) is 0 Å². The van der Waals surface area contributed by atoms with Crippen LogP contribution in [0.2, 0.25) is 0 Å². The molecule has 0 saturated carbocycles. The van der Waals surface area contributed by atoms with Crippen molar-refractivity contribution in [3.05, 3.63) is 253 Å². The molecule has 10 aromatic rings. The molecular weight excluding hydrogens is 689 g/mol. The highest BCUT2D eigenvalue weighted by Gasteiger charge is 2.47. The van der Waals surface area contributed by atoms with Crippen molar-refractivity contribution in [2.75, 3.05) is 4.90 Å². The standard InChI is InChI=1S/C55H38N2/c1-5-18-39(19-6-1)40-32-34-44(35-33-40)56(43-24-11-4-12-25-43)45-26-17-27-46(38-45)57-52-31-16-14-28-47(52)48-36-37-51-53(54(48)57)49-29-13-15-30-50(49)55(51,41-20-7-2-8-21-41)42-22-9-3-10-23-42/h1-38H. The predicted octanol–water partition coefficient (Wildman–Crippen LogP) is 14.3. The van der Waals surface area contributed by atoms with Gasteiger partial charge in [-0.3, -0.25) is 0 Å². The third-order valence-corrected chi connectivity index (χ3v) is 11.8. The molecule has 11 rings (SSSR count). The van der Waals surface area contributed by atoms with E-state index >= 15 is 0 Å². The molecule has 0 radical (unpaired) electrons. The van der Waals surface area contributed by atoms with Crippen molar-refractivity contribution in [3.8, 4) is 27.9 Å². The zero-order valence-corrected chi connectivity index (χ0v) is 31.3. The lowest BCUT2D eigenvalue weighted by atomic mass is 9.67. The number of hydrogen-bond acceptors (Lipinski definition) is 1. The molecule has 268 valence electrons. The topological polar surface area (TPSA) is 8.17 Å². The summed E-state index contributed by atoms with van der Waals surface area (Å²) in [6.07, 6.45) is 0.